The zero-order valence-corrected chi connectivity index (χ0v) is 11.7. The second-order valence-corrected chi connectivity index (χ2v) is 4.42. The Labute approximate surface area is 113 Å². The van der Waals surface area contributed by atoms with Crippen molar-refractivity contribution >= 4 is 5.91 Å². The van der Waals surface area contributed by atoms with Crippen LogP contribution >= 0.6 is 0 Å². The Bertz CT molecular complexity index is 615. The Morgan fingerprint density at radius 1 is 1.32 bits per heavy atom. The van der Waals surface area contributed by atoms with Gasteiger partial charge in [0, 0.05) is 5.69 Å². The lowest BCUT2D eigenvalue weighted by Crippen LogP contribution is -2.16. The van der Waals surface area contributed by atoms with Gasteiger partial charge in [-0.15, -0.1) is 0 Å². The van der Waals surface area contributed by atoms with E-state index in [0.29, 0.717) is 11.3 Å². The first-order valence-electron chi connectivity index (χ1n) is 6.33. The van der Waals surface area contributed by atoms with Crippen LogP contribution in [0.1, 0.15) is 34.2 Å². The number of nitrogens with zero attached hydrogens (tertiary/aromatic N) is 2. The molecule has 1 aromatic heterocycles. The van der Waals surface area contributed by atoms with Gasteiger partial charge in [0.05, 0.1) is 18.4 Å². The van der Waals surface area contributed by atoms with E-state index in [1.165, 1.54) is 4.68 Å². The van der Waals surface area contributed by atoms with Crippen LogP contribution in [-0.2, 0) is 6.42 Å². The molecule has 0 spiro atoms. The molecule has 0 N–H and O–H groups in total. The predicted octanol–water partition coefficient (Wildman–Crippen LogP) is 2.76. The highest BCUT2D eigenvalue weighted by atomic mass is 16.5. The summed E-state index contributed by atoms with van der Waals surface area (Å²) in [7, 11) is 1.56. The van der Waals surface area contributed by atoms with E-state index >= 15 is 0 Å². The van der Waals surface area contributed by atoms with Gasteiger partial charge in [-0.25, -0.2) is 4.68 Å². The van der Waals surface area contributed by atoms with Gasteiger partial charge >= 0.3 is 0 Å². The van der Waals surface area contributed by atoms with Gasteiger partial charge in [-0.3, -0.25) is 4.79 Å². The molecule has 2 aromatic rings. The molecule has 2 rings (SSSR count). The van der Waals surface area contributed by atoms with Crippen molar-refractivity contribution in [2.24, 2.45) is 0 Å². The molecule has 0 amide bonds. The Morgan fingerprint density at radius 3 is 2.58 bits per heavy atom. The summed E-state index contributed by atoms with van der Waals surface area (Å²) in [5.41, 5.74) is 3.46. The van der Waals surface area contributed by atoms with Gasteiger partial charge in [0.25, 0.3) is 5.91 Å². The summed E-state index contributed by atoms with van der Waals surface area (Å²) in [5, 5.41) is 4.34. The van der Waals surface area contributed by atoms with E-state index in [9.17, 15) is 4.79 Å². The van der Waals surface area contributed by atoms with Crippen molar-refractivity contribution in [3.8, 4) is 5.75 Å². The molecule has 0 unspecified atom stereocenters. The largest absolute Gasteiger partial charge is 0.496 e. The molecule has 0 bridgehead atoms. The summed E-state index contributed by atoms with van der Waals surface area (Å²) in [6.45, 7) is 5.92. The minimum absolute atomic E-state index is 0.155. The second kappa shape index (κ2) is 5.26. The van der Waals surface area contributed by atoms with Crippen LogP contribution in [0.3, 0.4) is 0 Å². The lowest BCUT2D eigenvalue weighted by Gasteiger charge is -2.08. The maximum atomic E-state index is 12.5. The van der Waals surface area contributed by atoms with Gasteiger partial charge in [0.1, 0.15) is 5.75 Å². The maximum Gasteiger partial charge on any atom is 0.282 e. The number of ether oxygens (including phenoxy) is 1. The van der Waals surface area contributed by atoms with E-state index in [-0.39, 0.29) is 5.91 Å². The lowest BCUT2D eigenvalue weighted by atomic mass is 10.1. The molecule has 0 saturated heterocycles. The summed E-state index contributed by atoms with van der Waals surface area (Å²) in [6.07, 6.45) is 0.872. The van der Waals surface area contributed by atoms with Crippen molar-refractivity contribution in [1.82, 2.24) is 9.78 Å². The molecule has 19 heavy (non-hydrogen) atoms. The molecule has 1 heterocycles. The molecule has 4 nitrogen and oxygen atoms in total. The summed E-state index contributed by atoms with van der Waals surface area (Å²) < 4.78 is 6.69. The SMILES string of the molecule is CCc1c(C)nn(C(=O)c2ccccc2OC)c1C. The van der Waals surface area contributed by atoms with Crippen LogP contribution < -0.4 is 4.74 Å². The standard InChI is InChI=1S/C15H18N2O2/c1-5-12-10(2)16-17(11(12)3)15(18)13-8-6-7-9-14(13)19-4/h6-9H,5H2,1-4H3. The fraction of sp³-hybridized carbons (Fsp3) is 0.333. The van der Waals surface area contributed by atoms with Crippen LogP contribution in [-0.4, -0.2) is 22.8 Å². The fourth-order valence-electron chi connectivity index (χ4n) is 2.32. The van der Waals surface area contributed by atoms with Gasteiger partial charge in [-0.2, -0.15) is 5.10 Å². The monoisotopic (exact) mass is 258 g/mol. The summed E-state index contributed by atoms with van der Waals surface area (Å²) >= 11 is 0. The van der Waals surface area contributed by atoms with Gasteiger partial charge in [-0.05, 0) is 38.0 Å². The molecule has 0 saturated carbocycles. The molecular formula is C15H18N2O2. The highest BCUT2D eigenvalue weighted by Crippen LogP contribution is 2.21. The number of methoxy groups -OCH3 is 1. The van der Waals surface area contributed by atoms with Crippen LogP contribution in [0.15, 0.2) is 24.3 Å². The predicted molar refractivity (Wildman–Crippen MR) is 73.8 cm³/mol. The Morgan fingerprint density at radius 2 is 2.00 bits per heavy atom. The van der Waals surface area contributed by atoms with E-state index < -0.39 is 0 Å². The minimum atomic E-state index is -0.155. The van der Waals surface area contributed by atoms with Crippen molar-refractivity contribution in [3.63, 3.8) is 0 Å². The Balaban J connectivity index is 2.50. The topological polar surface area (TPSA) is 44.1 Å². The van der Waals surface area contributed by atoms with Crippen LogP contribution in [0, 0.1) is 13.8 Å². The van der Waals surface area contributed by atoms with Crippen molar-refractivity contribution in [2.75, 3.05) is 7.11 Å². The van der Waals surface area contributed by atoms with Crippen molar-refractivity contribution < 1.29 is 9.53 Å². The molecule has 0 aliphatic rings. The zero-order chi connectivity index (χ0) is 14.0. The first kappa shape index (κ1) is 13.3. The number of benzene rings is 1. The normalized spacial score (nSPS) is 10.5. The van der Waals surface area contributed by atoms with E-state index in [1.807, 2.05) is 26.0 Å². The summed E-state index contributed by atoms with van der Waals surface area (Å²) in [5.74, 6) is 0.413. The first-order valence-corrected chi connectivity index (χ1v) is 6.33. The smallest absolute Gasteiger partial charge is 0.282 e. The molecular weight excluding hydrogens is 240 g/mol. The molecule has 1 aromatic carbocycles. The fourth-order valence-corrected chi connectivity index (χ4v) is 2.32. The first-order chi connectivity index (χ1) is 9.10. The Kier molecular flexibility index (Phi) is 3.69. The highest BCUT2D eigenvalue weighted by Gasteiger charge is 2.19. The minimum Gasteiger partial charge on any atom is -0.496 e. The number of aromatic nitrogens is 2. The zero-order valence-electron chi connectivity index (χ0n) is 11.7. The van der Waals surface area contributed by atoms with Gasteiger partial charge in [0.2, 0.25) is 0 Å². The number of rotatable bonds is 3. The van der Waals surface area contributed by atoms with Crippen molar-refractivity contribution in [3.05, 3.63) is 46.8 Å². The molecule has 0 radical (unpaired) electrons. The van der Waals surface area contributed by atoms with Gasteiger partial charge < -0.3 is 4.74 Å². The van der Waals surface area contributed by atoms with E-state index in [1.54, 1.807) is 19.2 Å². The molecule has 0 aliphatic heterocycles. The van der Waals surface area contributed by atoms with Crippen LogP contribution in [0.5, 0.6) is 5.75 Å². The number of carbonyl (C=O) groups is 1. The third kappa shape index (κ3) is 2.26. The molecule has 0 aliphatic carbocycles. The molecule has 0 atom stereocenters. The van der Waals surface area contributed by atoms with Crippen molar-refractivity contribution in [2.45, 2.75) is 27.2 Å². The Hall–Kier alpha value is -2.10. The second-order valence-electron chi connectivity index (χ2n) is 4.42. The average Bonchev–Trinajstić information content (AvgIpc) is 2.72. The van der Waals surface area contributed by atoms with E-state index in [0.717, 1.165) is 23.4 Å². The number of hydrogen-bond acceptors (Lipinski definition) is 3. The van der Waals surface area contributed by atoms with Gasteiger partial charge in [-0.1, -0.05) is 19.1 Å². The van der Waals surface area contributed by atoms with Crippen LogP contribution in [0.4, 0.5) is 0 Å². The number of hydrogen-bond donors (Lipinski definition) is 0. The van der Waals surface area contributed by atoms with E-state index in [2.05, 4.69) is 12.0 Å². The number of aryl methyl sites for hydroxylation is 1. The van der Waals surface area contributed by atoms with E-state index in [4.69, 9.17) is 4.74 Å². The van der Waals surface area contributed by atoms with Crippen LogP contribution in [0.2, 0.25) is 0 Å². The number of carbonyl (C=O) groups excluding carboxylic acids is 1. The molecule has 4 heteroatoms. The van der Waals surface area contributed by atoms with Gasteiger partial charge in [0.15, 0.2) is 0 Å². The summed E-state index contributed by atoms with van der Waals surface area (Å²) in [4.78, 5) is 12.5. The average molecular weight is 258 g/mol. The summed E-state index contributed by atoms with van der Waals surface area (Å²) in [6, 6.07) is 7.19. The maximum absolute atomic E-state index is 12.5. The van der Waals surface area contributed by atoms with Crippen LogP contribution in [0.25, 0.3) is 0 Å². The van der Waals surface area contributed by atoms with Crippen molar-refractivity contribution in [1.29, 1.82) is 0 Å². The quantitative estimate of drug-likeness (QED) is 0.850. The lowest BCUT2D eigenvalue weighted by molar-refractivity contribution is 0.0939. The molecule has 100 valence electrons. The highest BCUT2D eigenvalue weighted by molar-refractivity contribution is 5.98. The third-order valence-electron chi connectivity index (χ3n) is 3.32. The molecule has 0 fully saturated rings. The number of para-hydroxylation sites is 1. The third-order valence-corrected chi connectivity index (χ3v) is 3.32.